The van der Waals surface area contributed by atoms with Crippen molar-refractivity contribution in [2.24, 2.45) is 5.92 Å². The molecule has 0 aliphatic heterocycles. The number of likely N-dealkylation sites (N-methyl/N-ethyl adjacent to an activating group) is 1. The summed E-state index contributed by atoms with van der Waals surface area (Å²) in [6.45, 7) is 2.07. The van der Waals surface area contributed by atoms with Gasteiger partial charge in [-0.1, -0.05) is 13.0 Å². The van der Waals surface area contributed by atoms with Crippen LogP contribution in [0.1, 0.15) is 34.1 Å². The SMILES string of the molecule is COC(=O)c1c(NC(=O)CN(C)CC(=O)Nc2cccc(F)c2)sc2c1CC[C@H](C)C2. The third kappa shape index (κ3) is 5.89. The van der Waals surface area contributed by atoms with E-state index in [-0.39, 0.29) is 24.9 Å². The van der Waals surface area contributed by atoms with E-state index in [0.29, 0.717) is 22.2 Å². The molecule has 0 spiro atoms. The number of hydrogen-bond acceptors (Lipinski definition) is 6. The summed E-state index contributed by atoms with van der Waals surface area (Å²) in [6.07, 6.45) is 2.65. The second-order valence-electron chi connectivity index (χ2n) is 7.83. The van der Waals surface area contributed by atoms with Gasteiger partial charge < -0.3 is 15.4 Å². The molecule has 166 valence electrons. The Labute approximate surface area is 184 Å². The van der Waals surface area contributed by atoms with Gasteiger partial charge in [-0.25, -0.2) is 9.18 Å². The Bertz CT molecular complexity index is 991. The Balaban J connectivity index is 1.61. The Morgan fingerprint density at radius 1 is 1.23 bits per heavy atom. The van der Waals surface area contributed by atoms with E-state index in [1.165, 1.54) is 41.5 Å². The summed E-state index contributed by atoms with van der Waals surface area (Å²) < 4.78 is 18.2. The predicted molar refractivity (Wildman–Crippen MR) is 118 cm³/mol. The highest BCUT2D eigenvalue weighted by atomic mass is 32.1. The van der Waals surface area contributed by atoms with Crippen molar-refractivity contribution in [2.45, 2.75) is 26.2 Å². The number of thiophene rings is 1. The highest BCUT2D eigenvalue weighted by molar-refractivity contribution is 7.17. The van der Waals surface area contributed by atoms with Crippen LogP contribution in [0.5, 0.6) is 0 Å². The molecule has 9 heteroatoms. The average Bonchev–Trinajstić information content (AvgIpc) is 3.03. The number of nitrogens with one attached hydrogen (secondary N) is 2. The molecular weight excluding hydrogens is 421 g/mol. The molecule has 0 saturated heterocycles. The number of carbonyl (C=O) groups is 3. The van der Waals surface area contributed by atoms with E-state index in [4.69, 9.17) is 4.74 Å². The number of methoxy groups -OCH3 is 1. The fourth-order valence-corrected chi connectivity index (χ4v) is 5.05. The largest absolute Gasteiger partial charge is 0.465 e. The number of anilines is 2. The van der Waals surface area contributed by atoms with Gasteiger partial charge in [0, 0.05) is 10.6 Å². The fourth-order valence-electron chi connectivity index (χ4n) is 3.64. The van der Waals surface area contributed by atoms with Crippen molar-refractivity contribution in [3.63, 3.8) is 0 Å². The molecule has 1 aliphatic rings. The quantitative estimate of drug-likeness (QED) is 0.636. The molecule has 1 aromatic carbocycles. The summed E-state index contributed by atoms with van der Waals surface area (Å²) in [4.78, 5) is 39.7. The second kappa shape index (κ2) is 10.0. The lowest BCUT2D eigenvalue weighted by molar-refractivity contribution is -0.119. The number of fused-ring (bicyclic) bond motifs is 1. The Morgan fingerprint density at radius 3 is 2.61 bits per heavy atom. The van der Waals surface area contributed by atoms with Crippen molar-refractivity contribution in [3.8, 4) is 0 Å². The molecule has 0 unspecified atom stereocenters. The molecule has 31 heavy (non-hydrogen) atoms. The number of benzene rings is 1. The number of rotatable bonds is 7. The molecule has 1 aliphatic carbocycles. The van der Waals surface area contributed by atoms with E-state index in [1.54, 1.807) is 13.1 Å². The van der Waals surface area contributed by atoms with Crippen LogP contribution >= 0.6 is 11.3 Å². The summed E-state index contributed by atoms with van der Waals surface area (Å²) in [7, 11) is 2.96. The van der Waals surface area contributed by atoms with Crippen LogP contribution in [0, 0.1) is 11.7 Å². The first-order valence-electron chi connectivity index (χ1n) is 10.0. The predicted octanol–water partition coefficient (Wildman–Crippen LogP) is 3.31. The summed E-state index contributed by atoms with van der Waals surface area (Å²) in [5, 5.41) is 5.90. The number of esters is 1. The molecule has 3 rings (SSSR count). The van der Waals surface area contributed by atoms with Crippen molar-refractivity contribution in [2.75, 3.05) is 37.9 Å². The zero-order valence-corrected chi connectivity index (χ0v) is 18.6. The molecule has 0 fully saturated rings. The maximum atomic E-state index is 13.2. The number of hydrogen-bond donors (Lipinski definition) is 2. The minimum absolute atomic E-state index is 0.0455. The van der Waals surface area contributed by atoms with Gasteiger partial charge in [0.2, 0.25) is 11.8 Å². The first kappa shape index (κ1) is 22.9. The van der Waals surface area contributed by atoms with Crippen LogP contribution in [-0.4, -0.2) is 49.9 Å². The van der Waals surface area contributed by atoms with Crippen LogP contribution in [0.25, 0.3) is 0 Å². The van der Waals surface area contributed by atoms with Gasteiger partial charge in [-0.2, -0.15) is 0 Å². The Hall–Kier alpha value is -2.78. The highest BCUT2D eigenvalue weighted by Crippen LogP contribution is 2.40. The highest BCUT2D eigenvalue weighted by Gasteiger charge is 2.29. The van der Waals surface area contributed by atoms with Crippen LogP contribution < -0.4 is 10.6 Å². The van der Waals surface area contributed by atoms with Gasteiger partial charge in [-0.05, 0) is 56.0 Å². The second-order valence-corrected chi connectivity index (χ2v) is 8.93. The summed E-state index contributed by atoms with van der Waals surface area (Å²) >= 11 is 1.42. The zero-order chi connectivity index (χ0) is 22.5. The summed E-state index contributed by atoms with van der Waals surface area (Å²) in [5.74, 6) is -1.07. The summed E-state index contributed by atoms with van der Waals surface area (Å²) in [6, 6.07) is 5.60. The standard InChI is InChI=1S/C22H26FN3O4S/c1-13-7-8-16-17(9-13)31-21(20(16)22(29)30-3)25-19(28)12-26(2)11-18(27)24-15-6-4-5-14(23)10-15/h4-6,10,13H,7-9,11-12H2,1-3H3,(H,24,27)(H,25,28)/t13-/m0/s1. The van der Waals surface area contributed by atoms with Crippen molar-refractivity contribution >= 4 is 39.8 Å². The topological polar surface area (TPSA) is 87.7 Å². The Kier molecular flexibility index (Phi) is 7.40. The number of nitrogens with zero attached hydrogens (tertiary/aromatic N) is 1. The van der Waals surface area contributed by atoms with Gasteiger partial charge in [0.25, 0.3) is 0 Å². The van der Waals surface area contributed by atoms with E-state index in [9.17, 15) is 18.8 Å². The van der Waals surface area contributed by atoms with Crippen LogP contribution in [0.2, 0.25) is 0 Å². The monoisotopic (exact) mass is 447 g/mol. The maximum absolute atomic E-state index is 13.2. The zero-order valence-electron chi connectivity index (χ0n) is 17.8. The van der Waals surface area contributed by atoms with Crippen LogP contribution in [0.15, 0.2) is 24.3 Å². The summed E-state index contributed by atoms with van der Waals surface area (Å²) in [5.41, 5.74) is 1.76. The van der Waals surface area contributed by atoms with Gasteiger partial charge in [-0.3, -0.25) is 14.5 Å². The average molecular weight is 448 g/mol. The van der Waals surface area contributed by atoms with Crippen molar-refractivity contribution in [3.05, 3.63) is 46.1 Å². The molecule has 7 nitrogen and oxygen atoms in total. The number of halogens is 1. The Morgan fingerprint density at radius 2 is 1.94 bits per heavy atom. The van der Waals surface area contributed by atoms with Gasteiger partial charge in [0.05, 0.1) is 25.8 Å². The van der Waals surface area contributed by atoms with Crippen LogP contribution in [0.4, 0.5) is 15.1 Å². The van der Waals surface area contributed by atoms with Gasteiger partial charge in [-0.15, -0.1) is 11.3 Å². The van der Waals surface area contributed by atoms with E-state index in [0.717, 1.165) is 29.7 Å². The molecule has 1 atom stereocenters. The molecule has 0 saturated carbocycles. The third-order valence-electron chi connectivity index (χ3n) is 5.09. The lowest BCUT2D eigenvalue weighted by Gasteiger charge is -2.18. The molecule has 1 heterocycles. The molecule has 2 aromatic rings. The minimum atomic E-state index is -0.454. The van der Waals surface area contributed by atoms with Gasteiger partial charge >= 0.3 is 5.97 Å². The molecular formula is C22H26FN3O4S. The lowest BCUT2D eigenvalue weighted by Crippen LogP contribution is -2.36. The number of amides is 2. The van der Waals surface area contributed by atoms with Crippen LogP contribution in [0.3, 0.4) is 0 Å². The smallest absolute Gasteiger partial charge is 0.341 e. The van der Waals surface area contributed by atoms with Crippen LogP contribution in [-0.2, 0) is 27.2 Å². The molecule has 2 amide bonds. The number of carbonyl (C=O) groups excluding carboxylic acids is 3. The number of ether oxygens (including phenoxy) is 1. The van der Waals surface area contributed by atoms with E-state index < -0.39 is 11.8 Å². The van der Waals surface area contributed by atoms with E-state index in [1.807, 2.05) is 0 Å². The van der Waals surface area contributed by atoms with E-state index >= 15 is 0 Å². The normalized spacial score (nSPS) is 15.3. The maximum Gasteiger partial charge on any atom is 0.341 e. The van der Waals surface area contributed by atoms with Crippen molar-refractivity contribution in [1.29, 1.82) is 0 Å². The van der Waals surface area contributed by atoms with Crippen molar-refractivity contribution < 1.29 is 23.5 Å². The van der Waals surface area contributed by atoms with Crippen molar-refractivity contribution in [1.82, 2.24) is 4.90 Å². The first-order valence-corrected chi connectivity index (χ1v) is 10.8. The minimum Gasteiger partial charge on any atom is -0.465 e. The molecule has 1 aromatic heterocycles. The third-order valence-corrected chi connectivity index (χ3v) is 6.26. The first-order chi connectivity index (χ1) is 14.8. The molecule has 2 N–H and O–H groups in total. The van der Waals surface area contributed by atoms with Gasteiger partial charge in [0.1, 0.15) is 10.8 Å². The molecule has 0 radical (unpaired) electrons. The molecule has 0 bridgehead atoms. The lowest BCUT2D eigenvalue weighted by atomic mass is 9.88. The fraction of sp³-hybridized carbons (Fsp3) is 0.409. The van der Waals surface area contributed by atoms with E-state index in [2.05, 4.69) is 17.6 Å². The van der Waals surface area contributed by atoms with Gasteiger partial charge in [0.15, 0.2) is 0 Å².